The van der Waals surface area contributed by atoms with Crippen LogP contribution in [0, 0.1) is 5.41 Å². The normalized spacial score (nSPS) is 11.6. The fraction of sp³-hybridized carbons (Fsp3) is 0.714. The molecule has 0 saturated carbocycles. The van der Waals surface area contributed by atoms with E-state index in [2.05, 4.69) is 31.1 Å². The third kappa shape index (κ3) is 6.68. The van der Waals surface area contributed by atoms with Gasteiger partial charge in [-0.3, -0.25) is 4.79 Å². The Kier molecular flexibility index (Phi) is 6.45. The first-order valence-electron chi connectivity index (χ1n) is 6.85. The summed E-state index contributed by atoms with van der Waals surface area (Å²) in [5.74, 6) is -0.0738. The number of hydrogen-bond acceptors (Lipinski definition) is 4. The van der Waals surface area contributed by atoms with Crippen LogP contribution in [0.15, 0.2) is 5.38 Å². The Hall–Kier alpha value is -0.940. The predicted octanol–water partition coefficient (Wildman–Crippen LogP) is 2.59. The Morgan fingerprint density at radius 2 is 2.16 bits per heavy atom. The highest BCUT2D eigenvalue weighted by Crippen LogP contribution is 2.21. The molecule has 19 heavy (non-hydrogen) atoms. The monoisotopic (exact) mass is 283 g/mol. The smallest absolute Gasteiger partial charge is 0.270 e. The highest BCUT2D eigenvalue weighted by atomic mass is 32.1. The number of nitrogens with one attached hydrogen (secondary N) is 1. The van der Waals surface area contributed by atoms with Gasteiger partial charge >= 0.3 is 0 Å². The number of carbonyl (C=O) groups is 1. The molecular formula is C14H25N3OS. The van der Waals surface area contributed by atoms with Crippen molar-refractivity contribution < 1.29 is 4.79 Å². The molecule has 3 N–H and O–H groups in total. The first-order chi connectivity index (χ1) is 8.92. The zero-order chi connectivity index (χ0) is 14.3. The Balaban J connectivity index is 2.23. The third-order valence-corrected chi connectivity index (χ3v) is 3.69. The van der Waals surface area contributed by atoms with Crippen LogP contribution in [0.4, 0.5) is 0 Å². The van der Waals surface area contributed by atoms with E-state index >= 15 is 0 Å². The fourth-order valence-electron chi connectivity index (χ4n) is 1.73. The predicted molar refractivity (Wildman–Crippen MR) is 80.5 cm³/mol. The maximum absolute atomic E-state index is 11.8. The Morgan fingerprint density at radius 3 is 2.79 bits per heavy atom. The van der Waals surface area contributed by atoms with Crippen molar-refractivity contribution in [1.29, 1.82) is 0 Å². The van der Waals surface area contributed by atoms with Gasteiger partial charge in [0.05, 0.1) is 5.01 Å². The van der Waals surface area contributed by atoms with Crippen LogP contribution in [-0.2, 0) is 6.42 Å². The van der Waals surface area contributed by atoms with Crippen LogP contribution in [0.3, 0.4) is 0 Å². The molecule has 0 fully saturated rings. The van der Waals surface area contributed by atoms with Gasteiger partial charge < -0.3 is 11.1 Å². The fourth-order valence-corrected chi connectivity index (χ4v) is 2.52. The number of rotatable bonds is 7. The topological polar surface area (TPSA) is 68.0 Å². The van der Waals surface area contributed by atoms with Crippen LogP contribution in [0.25, 0.3) is 0 Å². The van der Waals surface area contributed by atoms with Crippen molar-refractivity contribution in [2.24, 2.45) is 11.1 Å². The van der Waals surface area contributed by atoms with E-state index in [-0.39, 0.29) is 5.91 Å². The molecule has 0 atom stereocenters. The van der Waals surface area contributed by atoms with Crippen LogP contribution >= 0.6 is 11.3 Å². The van der Waals surface area contributed by atoms with Crippen molar-refractivity contribution in [3.8, 4) is 0 Å². The Morgan fingerprint density at radius 1 is 1.42 bits per heavy atom. The molecule has 1 heterocycles. The summed E-state index contributed by atoms with van der Waals surface area (Å²) in [6.07, 6.45) is 4.08. The summed E-state index contributed by atoms with van der Waals surface area (Å²) in [7, 11) is 0. The summed E-state index contributed by atoms with van der Waals surface area (Å²) in [5.41, 5.74) is 6.35. The number of unbranched alkanes of at least 4 members (excludes halogenated alkanes) is 1. The average molecular weight is 283 g/mol. The Labute approximate surface area is 119 Å². The van der Waals surface area contributed by atoms with E-state index in [1.807, 2.05) is 0 Å². The van der Waals surface area contributed by atoms with Crippen LogP contribution in [-0.4, -0.2) is 24.0 Å². The van der Waals surface area contributed by atoms with E-state index in [9.17, 15) is 4.79 Å². The van der Waals surface area contributed by atoms with Gasteiger partial charge in [0.1, 0.15) is 5.69 Å². The van der Waals surface area contributed by atoms with Gasteiger partial charge in [-0.05, 0) is 24.8 Å². The van der Waals surface area contributed by atoms with E-state index in [0.29, 0.717) is 17.7 Å². The van der Waals surface area contributed by atoms with Gasteiger partial charge in [-0.15, -0.1) is 11.3 Å². The number of thiazole rings is 1. The van der Waals surface area contributed by atoms with Crippen molar-refractivity contribution in [3.05, 3.63) is 16.1 Å². The summed E-state index contributed by atoms with van der Waals surface area (Å²) < 4.78 is 0. The van der Waals surface area contributed by atoms with Crippen LogP contribution < -0.4 is 11.1 Å². The highest BCUT2D eigenvalue weighted by molar-refractivity contribution is 7.09. The van der Waals surface area contributed by atoms with Crippen LogP contribution in [0.5, 0.6) is 0 Å². The second-order valence-corrected chi connectivity index (χ2v) is 6.88. The molecule has 0 aliphatic heterocycles. The second kappa shape index (κ2) is 7.60. The molecule has 0 radical (unpaired) electrons. The van der Waals surface area contributed by atoms with E-state index in [1.165, 1.54) is 17.8 Å². The van der Waals surface area contributed by atoms with Gasteiger partial charge in [0.25, 0.3) is 5.91 Å². The molecule has 0 aromatic carbocycles. The molecule has 0 spiro atoms. The van der Waals surface area contributed by atoms with Crippen molar-refractivity contribution in [2.45, 2.75) is 46.5 Å². The highest BCUT2D eigenvalue weighted by Gasteiger charge is 2.11. The Bertz CT molecular complexity index is 396. The maximum atomic E-state index is 11.8. The van der Waals surface area contributed by atoms with Crippen molar-refractivity contribution >= 4 is 17.2 Å². The lowest BCUT2D eigenvalue weighted by Gasteiger charge is -2.17. The van der Waals surface area contributed by atoms with Gasteiger partial charge in [-0.25, -0.2) is 4.98 Å². The van der Waals surface area contributed by atoms with E-state index in [4.69, 9.17) is 5.73 Å². The summed E-state index contributed by atoms with van der Waals surface area (Å²) in [4.78, 5) is 16.1. The van der Waals surface area contributed by atoms with Crippen LogP contribution in [0.2, 0.25) is 0 Å². The van der Waals surface area contributed by atoms with Crippen molar-refractivity contribution in [2.75, 3.05) is 13.1 Å². The lowest BCUT2D eigenvalue weighted by atomic mass is 9.90. The second-order valence-electron chi connectivity index (χ2n) is 5.94. The molecular weight excluding hydrogens is 258 g/mol. The molecule has 1 aromatic rings. The van der Waals surface area contributed by atoms with E-state index in [0.717, 1.165) is 30.8 Å². The van der Waals surface area contributed by atoms with E-state index < -0.39 is 0 Å². The average Bonchev–Trinajstić information content (AvgIpc) is 2.76. The SMILES string of the molecule is CC(C)(C)CCCCNC(=O)c1csc(CCN)n1. The first kappa shape index (κ1) is 16.1. The lowest BCUT2D eigenvalue weighted by Crippen LogP contribution is -2.25. The molecule has 4 nitrogen and oxygen atoms in total. The first-order valence-corrected chi connectivity index (χ1v) is 7.73. The van der Waals surface area contributed by atoms with Gasteiger partial charge in [-0.2, -0.15) is 0 Å². The minimum absolute atomic E-state index is 0.0738. The zero-order valence-corrected chi connectivity index (χ0v) is 13.0. The molecule has 0 bridgehead atoms. The zero-order valence-electron chi connectivity index (χ0n) is 12.2. The molecule has 0 aliphatic carbocycles. The van der Waals surface area contributed by atoms with Gasteiger partial charge in [0, 0.05) is 18.3 Å². The largest absolute Gasteiger partial charge is 0.351 e. The molecule has 0 unspecified atom stereocenters. The standard InChI is InChI=1S/C14H25N3OS/c1-14(2,3)7-4-5-9-16-13(18)11-10-19-12(17-11)6-8-15/h10H,4-9,15H2,1-3H3,(H,16,18). The number of hydrogen-bond donors (Lipinski definition) is 2. The lowest BCUT2D eigenvalue weighted by molar-refractivity contribution is 0.0948. The van der Waals surface area contributed by atoms with Gasteiger partial charge in [-0.1, -0.05) is 27.2 Å². The van der Waals surface area contributed by atoms with Gasteiger partial charge in [0.15, 0.2) is 0 Å². The number of aromatic nitrogens is 1. The molecule has 1 aromatic heterocycles. The number of carbonyl (C=O) groups excluding carboxylic acids is 1. The number of nitrogens with two attached hydrogens (primary N) is 1. The molecule has 1 rings (SSSR count). The van der Waals surface area contributed by atoms with Crippen LogP contribution in [0.1, 0.15) is 55.5 Å². The number of amides is 1. The third-order valence-electron chi connectivity index (χ3n) is 2.78. The molecule has 5 heteroatoms. The van der Waals surface area contributed by atoms with Gasteiger partial charge in [0.2, 0.25) is 0 Å². The van der Waals surface area contributed by atoms with Crippen molar-refractivity contribution in [3.63, 3.8) is 0 Å². The molecule has 0 saturated heterocycles. The van der Waals surface area contributed by atoms with Crippen molar-refractivity contribution in [1.82, 2.24) is 10.3 Å². The molecule has 0 aliphatic rings. The summed E-state index contributed by atoms with van der Waals surface area (Å²) in [6.45, 7) is 8.00. The summed E-state index contributed by atoms with van der Waals surface area (Å²) in [5, 5.41) is 5.65. The van der Waals surface area contributed by atoms with E-state index in [1.54, 1.807) is 5.38 Å². The summed E-state index contributed by atoms with van der Waals surface area (Å²) in [6, 6.07) is 0. The number of nitrogens with zero attached hydrogens (tertiary/aromatic N) is 1. The summed E-state index contributed by atoms with van der Waals surface area (Å²) >= 11 is 1.50. The molecule has 1 amide bonds. The quantitative estimate of drug-likeness (QED) is 0.756. The maximum Gasteiger partial charge on any atom is 0.270 e. The molecule has 108 valence electrons. The minimum atomic E-state index is -0.0738. The minimum Gasteiger partial charge on any atom is -0.351 e.